The predicted octanol–water partition coefficient (Wildman–Crippen LogP) is 3.71. The molecule has 0 heterocycles. The first-order chi connectivity index (χ1) is 10.1. The van der Waals surface area contributed by atoms with Crippen LogP contribution in [-0.4, -0.2) is 18.1 Å². The van der Waals surface area contributed by atoms with Crippen LogP contribution in [0.5, 0.6) is 11.5 Å². The van der Waals surface area contributed by atoms with Crippen LogP contribution in [0.15, 0.2) is 48.5 Å². The fourth-order valence-electron chi connectivity index (χ4n) is 1.73. The van der Waals surface area contributed by atoms with E-state index in [0.717, 1.165) is 5.56 Å². The van der Waals surface area contributed by atoms with Gasteiger partial charge >= 0.3 is 0 Å². The maximum absolute atomic E-state index is 11.8. The number of halogens is 1. The second-order valence-corrected chi connectivity index (χ2v) is 4.64. The second-order valence-electron chi connectivity index (χ2n) is 4.23. The van der Waals surface area contributed by atoms with Gasteiger partial charge in [0.1, 0.15) is 0 Å². The van der Waals surface area contributed by atoms with E-state index < -0.39 is 0 Å². The number of carbonyl (C=O) groups excluding carboxylic acids is 1. The zero-order valence-corrected chi connectivity index (χ0v) is 12.1. The molecule has 0 fully saturated rings. The molecule has 0 bridgehead atoms. The van der Waals surface area contributed by atoms with Gasteiger partial charge in [-0.05, 0) is 29.8 Å². The first kappa shape index (κ1) is 14.9. The molecule has 2 aromatic rings. The van der Waals surface area contributed by atoms with E-state index in [2.05, 4.69) is 5.32 Å². The van der Waals surface area contributed by atoms with Crippen LogP contribution in [0.4, 0.5) is 5.69 Å². The van der Waals surface area contributed by atoms with Crippen molar-refractivity contribution in [3.05, 3.63) is 59.1 Å². The van der Waals surface area contributed by atoms with Gasteiger partial charge in [-0.2, -0.15) is 0 Å². The first-order valence-electron chi connectivity index (χ1n) is 6.21. The Bertz CT molecular complexity index is 683. The maximum atomic E-state index is 11.8. The van der Waals surface area contributed by atoms with Crippen LogP contribution in [0.3, 0.4) is 0 Å². The molecule has 0 aromatic heterocycles. The molecule has 5 heteroatoms. The molecular weight excluding hydrogens is 290 g/mol. The molecule has 4 nitrogen and oxygen atoms in total. The lowest BCUT2D eigenvalue weighted by atomic mass is 10.2. The standard InChI is InChI=1S/C16H14ClNO3/c1-21-15-8-7-12(10-14(15)19)18-16(20)9-6-11-4-2-3-5-13(11)17/h2-10,19H,1H3,(H,18,20)/b9-6+. The maximum Gasteiger partial charge on any atom is 0.248 e. The SMILES string of the molecule is COc1ccc(NC(=O)/C=C/c2ccccc2Cl)cc1O. The van der Waals surface area contributed by atoms with Gasteiger partial charge in [-0.25, -0.2) is 0 Å². The van der Waals surface area contributed by atoms with Crippen molar-refractivity contribution in [3.63, 3.8) is 0 Å². The highest BCUT2D eigenvalue weighted by Crippen LogP contribution is 2.28. The Hall–Kier alpha value is -2.46. The van der Waals surface area contributed by atoms with Crippen LogP contribution < -0.4 is 10.1 Å². The molecule has 0 radical (unpaired) electrons. The Kier molecular flexibility index (Phi) is 4.85. The van der Waals surface area contributed by atoms with E-state index in [1.165, 1.54) is 19.3 Å². The highest BCUT2D eigenvalue weighted by Gasteiger charge is 2.04. The van der Waals surface area contributed by atoms with E-state index in [1.807, 2.05) is 18.2 Å². The number of rotatable bonds is 4. The number of aromatic hydroxyl groups is 1. The lowest BCUT2D eigenvalue weighted by molar-refractivity contribution is -0.111. The summed E-state index contributed by atoms with van der Waals surface area (Å²) in [7, 11) is 1.46. The number of ether oxygens (including phenoxy) is 1. The van der Waals surface area contributed by atoms with Gasteiger partial charge < -0.3 is 15.2 Å². The lowest BCUT2D eigenvalue weighted by Gasteiger charge is -2.06. The fraction of sp³-hybridized carbons (Fsp3) is 0.0625. The summed E-state index contributed by atoms with van der Waals surface area (Å²) in [6.07, 6.45) is 3.00. The molecule has 0 saturated heterocycles. The molecule has 0 spiro atoms. The van der Waals surface area contributed by atoms with Gasteiger partial charge in [0, 0.05) is 22.9 Å². The minimum absolute atomic E-state index is 0.0367. The minimum atomic E-state index is -0.320. The molecule has 0 unspecified atom stereocenters. The number of anilines is 1. The van der Waals surface area contributed by atoms with Crippen LogP contribution >= 0.6 is 11.6 Å². The Labute approximate surface area is 127 Å². The van der Waals surface area contributed by atoms with Crippen molar-refractivity contribution in [3.8, 4) is 11.5 Å². The lowest BCUT2D eigenvalue weighted by Crippen LogP contribution is -2.07. The zero-order chi connectivity index (χ0) is 15.2. The largest absolute Gasteiger partial charge is 0.504 e. The number of nitrogens with one attached hydrogen (secondary N) is 1. The first-order valence-corrected chi connectivity index (χ1v) is 6.58. The summed E-state index contributed by atoms with van der Waals surface area (Å²) < 4.78 is 4.93. The number of carbonyl (C=O) groups is 1. The van der Waals surface area contributed by atoms with Crippen molar-refractivity contribution in [1.29, 1.82) is 0 Å². The van der Waals surface area contributed by atoms with E-state index in [1.54, 1.807) is 24.3 Å². The van der Waals surface area contributed by atoms with Crippen molar-refractivity contribution in [1.82, 2.24) is 0 Å². The summed E-state index contributed by atoms with van der Waals surface area (Å²) in [6, 6.07) is 11.8. The highest BCUT2D eigenvalue weighted by molar-refractivity contribution is 6.32. The molecule has 2 rings (SSSR count). The van der Waals surface area contributed by atoms with Gasteiger partial charge in [0.25, 0.3) is 0 Å². The van der Waals surface area contributed by atoms with Crippen molar-refractivity contribution in [2.45, 2.75) is 0 Å². The van der Waals surface area contributed by atoms with Crippen molar-refractivity contribution >= 4 is 29.3 Å². The topological polar surface area (TPSA) is 58.6 Å². The van der Waals surface area contributed by atoms with E-state index in [0.29, 0.717) is 16.5 Å². The number of amides is 1. The number of phenols is 1. The summed E-state index contributed by atoms with van der Waals surface area (Å²) in [5.41, 5.74) is 1.23. The number of hydrogen-bond acceptors (Lipinski definition) is 3. The number of methoxy groups -OCH3 is 1. The van der Waals surface area contributed by atoms with Crippen LogP contribution in [0.25, 0.3) is 6.08 Å². The summed E-state index contributed by atoms with van der Waals surface area (Å²) in [5.74, 6) is -0.00974. The van der Waals surface area contributed by atoms with Gasteiger partial charge in [-0.3, -0.25) is 4.79 Å². The molecule has 0 aliphatic carbocycles. The van der Waals surface area contributed by atoms with Crippen LogP contribution in [0, 0.1) is 0 Å². The number of phenolic OH excluding ortho intramolecular Hbond substituents is 1. The minimum Gasteiger partial charge on any atom is -0.504 e. The average Bonchev–Trinajstić information content (AvgIpc) is 2.46. The van der Waals surface area contributed by atoms with Crippen LogP contribution in [0.1, 0.15) is 5.56 Å². The van der Waals surface area contributed by atoms with E-state index >= 15 is 0 Å². The quantitative estimate of drug-likeness (QED) is 0.847. The summed E-state index contributed by atoms with van der Waals surface area (Å²) in [5, 5.41) is 12.8. The van der Waals surface area contributed by atoms with Crippen LogP contribution in [0.2, 0.25) is 5.02 Å². The molecule has 0 saturated carbocycles. The van der Waals surface area contributed by atoms with Crippen molar-refractivity contribution in [2.24, 2.45) is 0 Å². The third kappa shape index (κ3) is 4.00. The fourth-order valence-corrected chi connectivity index (χ4v) is 1.93. The zero-order valence-electron chi connectivity index (χ0n) is 11.3. The molecule has 0 aliphatic rings. The molecule has 2 aromatic carbocycles. The smallest absolute Gasteiger partial charge is 0.248 e. The van der Waals surface area contributed by atoms with E-state index in [4.69, 9.17) is 16.3 Å². The average molecular weight is 304 g/mol. The molecule has 2 N–H and O–H groups in total. The Balaban J connectivity index is 2.05. The molecule has 0 atom stereocenters. The molecule has 0 aliphatic heterocycles. The molecule has 21 heavy (non-hydrogen) atoms. The molecular formula is C16H14ClNO3. The summed E-state index contributed by atoms with van der Waals surface area (Å²) in [4.78, 5) is 11.8. The van der Waals surface area contributed by atoms with Crippen molar-refractivity contribution < 1.29 is 14.6 Å². The normalized spacial score (nSPS) is 10.6. The Morgan fingerprint density at radius 3 is 2.71 bits per heavy atom. The highest BCUT2D eigenvalue weighted by atomic mass is 35.5. The van der Waals surface area contributed by atoms with Gasteiger partial charge in [0.15, 0.2) is 11.5 Å². The van der Waals surface area contributed by atoms with Crippen LogP contribution in [-0.2, 0) is 4.79 Å². The Morgan fingerprint density at radius 1 is 1.29 bits per heavy atom. The van der Waals surface area contributed by atoms with Gasteiger partial charge in [-0.1, -0.05) is 29.8 Å². The van der Waals surface area contributed by atoms with Gasteiger partial charge in [-0.15, -0.1) is 0 Å². The van der Waals surface area contributed by atoms with Gasteiger partial charge in [0.05, 0.1) is 7.11 Å². The Morgan fingerprint density at radius 2 is 2.05 bits per heavy atom. The monoisotopic (exact) mass is 303 g/mol. The summed E-state index contributed by atoms with van der Waals surface area (Å²) in [6.45, 7) is 0. The van der Waals surface area contributed by atoms with E-state index in [-0.39, 0.29) is 11.7 Å². The molecule has 108 valence electrons. The number of benzene rings is 2. The van der Waals surface area contributed by atoms with Gasteiger partial charge in [0.2, 0.25) is 5.91 Å². The third-order valence-electron chi connectivity index (χ3n) is 2.77. The van der Waals surface area contributed by atoms with E-state index in [9.17, 15) is 9.90 Å². The molecule has 1 amide bonds. The summed E-state index contributed by atoms with van der Waals surface area (Å²) >= 11 is 5.99. The predicted molar refractivity (Wildman–Crippen MR) is 83.8 cm³/mol. The third-order valence-corrected chi connectivity index (χ3v) is 3.11. The second kappa shape index (κ2) is 6.81. The number of hydrogen-bond donors (Lipinski definition) is 2. The van der Waals surface area contributed by atoms with Crippen molar-refractivity contribution in [2.75, 3.05) is 12.4 Å².